The van der Waals surface area contributed by atoms with E-state index in [1.54, 1.807) is 6.33 Å². The van der Waals surface area contributed by atoms with Gasteiger partial charge in [0.05, 0.1) is 0 Å². The first-order valence-electron chi connectivity index (χ1n) is 9.04. The Kier molecular flexibility index (Phi) is 6.33. The fourth-order valence-electron chi connectivity index (χ4n) is 3.21. The van der Waals surface area contributed by atoms with E-state index in [2.05, 4.69) is 47.9 Å². The normalized spacial score (nSPS) is 15.4. The van der Waals surface area contributed by atoms with Crippen LogP contribution in [-0.4, -0.2) is 65.4 Å². The molecule has 2 aromatic rings. The van der Waals surface area contributed by atoms with Crippen molar-refractivity contribution in [3.63, 3.8) is 0 Å². The Morgan fingerprint density at radius 2 is 2.08 bits per heavy atom. The van der Waals surface area contributed by atoms with E-state index >= 15 is 0 Å². The van der Waals surface area contributed by atoms with Gasteiger partial charge in [0.2, 0.25) is 0 Å². The van der Waals surface area contributed by atoms with Gasteiger partial charge in [0.1, 0.15) is 12.2 Å². The van der Waals surface area contributed by atoms with Crippen molar-refractivity contribution in [3.8, 4) is 0 Å². The molecule has 1 aliphatic heterocycles. The van der Waals surface area contributed by atoms with E-state index in [9.17, 15) is 0 Å². The van der Waals surface area contributed by atoms with E-state index < -0.39 is 0 Å². The lowest BCUT2D eigenvalue weighted by Crippen LogP contribution is -2.53. The molecule has 0 amide bonds. The zero-order chi connectivity index (χ0) is 18.4. The molecule has 0 radical (unpaired) electrons. The average Bonchev–Trinajstić information content (AvgIpc) is 3.13. The summed E-state index contributed by atoms with van der Waals surface area (Å²) in [6.45, 7) is 7.48. The lowest BCUT2D eigenvalue weighted by Gasteiger charge is -2.37. The number of anilines is 1. The smallest absolute Gasteiger partial charge is 0.193 e. The Balaban J connectivity index is 1.49. The van der Waals surface area contributed by atoms with Crippen LogP contribution in [-0.2, 0) is 13.0 Å². The van der Waals surface area contributed by atoms with Gasteiger partial charge in [-0.3, -0.25) is 4.99 Å². The summed E-state index contributed by atoms with van der Waals surface area (Å²) in [5.41, 5.74) is 1.18. The number of aryl methyl sites for hydroxylation is 1. The van der Waals surface area contributed by atoms with Gasteiger partial charge < -0.3 is 19.7 Å². The van der Waals surface area contributed by atoms with Crippen molar-refractivity contribution in [2.75, 3.05) is 44.7 Å². The first-order valence-corrected chi connectivity index (χ1v) is 9.42. The predicted octanol–water partition coefficient (Wildman–Crippen LogP) is 1.89. The van der Waals surface area contributed by atoms with Crippen LogP contribution in [0.15, 0.2) is 35.6 Å². The van der Waals surface area contributed by atoms with Gasteiger partial charge in [-0.05, 0) is 18.2 Å². The van der Waals surface area contributed by atoms with Crippen molar-refractivity contribution in [3.05, 3.63) is 41.4 Å². The van der Waals surface area contributed by atoms with Crippen molar-refractivity contribution in [1.82, 2.24) is 25.0 Å². The van der Waals surface area contributed by atoms with Crippen LogP contribution in [0, 0.1) is 0 Å². The number of halogens is 1. The second-order valence-corrected chi connectivity index (χ2v) is 6.66. The van der Waals surface area contributed by atoms with Crippen molar-refractivity contribution in [2.24, 2.45) is 4.99 Å². The van der Waals surface area contributed by atoms with Gasteiger partial charge in [0.15, 0.2) is 5.96 Å². The van der Waals surface area contributed by atoms with Crippen LogP contribution in [0.2, 0.25) is 5.02 Å². The molecule has 1 saturated heterocycles. The van der Waals surface area contributed by atoms with Gasteiger partial charge in [-0.15, -0.1) is 10.2 Å². The molecule has 1 fully saturated rings. The molecule has 7 nitrogen and oxygen atoms in total. The molecule has 0 atom stereocenters. The van der Waals surface area contributed by atoms with Crippen molar-refractivity contribution < 1.29 is 0 Å². The molecule has 140 valence electrons. The lowest BCUT2D eigenvalue weighted by atomic mass is 10.2. The highest BCUT2D eigenvalue weighted by atomic mass is 35.5. The quantitative estimate of drug-likeness (QED) is 0.638. The topological polar surface area (TPSA) is 61.6 Å². The number of hydrogen-bond acceptors (Lipinski definition) is 4. The van der Waals surface area contributed by atoms with E-state index in [0.29, 0.717) is 0 Å². The van der Waals surface area contributed by atoms with Crippen LogP contribution in [0.1, 0.15) is 12.7 Å². The molecule has 0 unspecified atom stereocenters. The number of aliphatic imine (C=N–C) groups is 1. The maximum atomic E-state index is 6.11. The highest BCUT2D eigenvalue weighted by molar-refractivity contribution is 6.30. The van der Waals surface area contributed by atoms with Crippen LogP contribution in [0.3, 0.4) is 0 Å². The molecular weight excluding hydrogens is 350 g/mol. The van der Waals surface area contributed by atoms with Crippen molar-refractivity contribution in [1.29, 1.82) is 0 Å². The summed E-state index contributed by atoms with van der Waals surface area (Å²) in [6.07, 6.45) is 2.67. The van der Waals surface area contributed by atoms with Gasteiger partial charge >= 0.3 is 0 Å². The number of nitrogens with zero attached hydrogens (tertiary/aromatic N) is 6. The van der Waals surface area contributed by atoms with Crippen molar-refractivity contribution in [2.45, 2.75) is 19.9 Å². The summed E-state index contributed by atoms with van der Waals surface area (Å²) >= 11 is 6.11. The molecule has 8 heteroatoms. The molecule has 26 heavy (non-hydrogen) atoms. The van der Waals surface area contributed by atoms with Gasteiger partial charge in [-0.25, -0.2) is 0 Å². The highest BCUT2D eigenvalue weighted by Gasteiger charge is 2.19. The van der Waals surface area contributed by atoms with E-state index in [-0.39, 0.29) is 0 Å². The monoisotopic (exact) mass is 375 g/mol. The largest absolute Gasteiger partial charge is 0.368 e. The summed E-state index contributed by atoms with van der Waals surface area (Å²) in [4.78, 5) is 9.10. The fourth-order valence-corrected chi connectivity index (χ4v) is 3.39. The molecule has 1 aliphatic rings. The SMILES string of the molecule is CCc1nncn1CCNC(=NC)N1CCN(c2cccc(Cl)c2)CC1. The zero-order valence-electron chi connectivity index (χ0n) is 15.4. The number of rotatable bonds is 5. The summed E-state index contributed by atoms with van der Waals surface area (Å²) in [7, 11) is 1.84. The Morgan fingerprint density at radius 1 is 1.27 bits per heavy atom. The molecule has 0 bridgehead atoms. The molecular formula is C18H26ClN7. The third kappa shape index (κ3) is 4.46. The summed E-state index contributed by atoms with van der Waals surface area (Å²) in [5, 5.41) is 12.3. The zero-order valence-corrected chi connectivity index (χ0v) is 16.2. The maximum absolute atomic E-state index is 6.11. The molecule has 1 aromatic heterocycles. The third-order valence-electron chi connectivity index (χ3n) is 4.61. The summed E-state index contributed by atoms with van der Waals surface area (Å²) in [5.74, 6) is 1.96. The molecule has 0 spiro atoms. The van der Waals surface area contributed by atoms with Gasteiger partial charge in [-0.1, -0.05) is 24.6 Å². The summed E-state index contributed by atoms with van der Waals surface area (Å²) < 4.78 is 2.08. The van der Waals surface area contributed by atoms with Gasteiger partial charge in [0, 0.05) is 63.4 Å². The Labute approximate surface area is 159 Å². The van der Waals surface area contributed by atoms with Crippen LogP contribution < -0.4 is 10.2 Å². The first kappa shape index (κ1) is 18.5. The minimum absolute atomic E-state index is 0.780. The van der Waals surface area contributed by atoms with E-state index in [4.69, 9.17) is 11.6 Å². The van der Waals surface area contributed by atoms with Crippen LogP contribution in [0.4, 0.5) is 5.69 Å². The second kappa shape index (κ2) is 8.89. The Bertz CT molecular complexity index is 735. The average molecular weight is 376 g/mol. The van der Waals surface area contributed by atoms with Crippen LogP contribution >= 0.6 is 11.6 Å². The minimum atomic E-state index is 0.780. The predicted molar refractivity (Wildman–Crippen MR) is 106 cm³/mol. The number of guanidine groups is 1. The molecule has 0 saturated carbocycles. The molecule has 2 heterocycles. The highest BCUT2D eigenvalue weighted by Crippen LogP contribution is 2.20. The maximum Gasteiger partial charge on any atom is 0.193 e. The second-order valence-electron chi connectivity index (χ2n) is 6.22. The number of benzene rings is 1. The third-order valence-corrected chi connectivity index (χ3v) is 4.85. The van der Waals surface area contributed by atoms with E-state index in [1.807, 2.05) is 25.2 Å². The van der Waals surface area contributed by atoms with E-state index in [1.165, 1.54) is 5.69 Å². The van der Waals surface area contributed by atoms with Crippen molar-refractivity contribution >= 4 is 23.2 Å². The first-order chi connectivity index (χ1) is 12.7. The fraction of sp³-hybridized carbons (Fsp3) is 0.500. The molecule has 1 aromatic carbocycles. The molecule has 3 rings (SSSR count). The Hall–Kier alpha value is -2.28. The minimum Gasteiger partial charge on any atom is -0.368 e. The van der Waals surface area contributed by atoms with E-state index in [0.717, 1.165) is 62.5 Å². The van der Waals surface area contributed by atoms with Crippen LogP contribution in [0.25, 0.3) is 0 Å². The van der Waals surface area contributed by atoms with Gasteiger partial charge in [-0.2, -0.15) is 0 Å². The van der Waals surface area contributed by atoms with Gasteiger partial charge in [0.25, 0.3) is 0 Å². The lowest BCUT2D eigenvalue weighted by molar-refractivity contribution is 0.371. The molecule has 0 aliphatic carbocycles. The van der Waals surface area contributed by atoms with Crippen LogP contribution in [0.5, 0.6) is 0 Å². The number of hydrogen-bond donors (Lipinski definition) is 1. The Morgan fingerprint density at radius 3 is 2.77 bits per heavy atom. The standard InChI is InChI=1S/C18H26ClN7/c1-3-17-23-22-14-26(17)8-7-21-18(20-2)25-11-9-24(10-12-25)16-6-4-5-15(19)13-16/h4-6,13-14H,3,7-12H2,1-2H3,(H,20,21). The number of nitrogens with one attached hydrogen (secondary N) is 1. The molecule has 1 N–H and O–H groups in total. The summed E-state index contributed by atoms with van der Waals surface area (Å²) in [6, 6.07) is 8.04. The number of piperazine rings is 1. The number of aromatic nitrogens is 3.